The van der Waals surface area contributed by atoms with Gasteiger partial charge < -0.3 is 10.1 Å². The van der Waals surface area contributed by atoms with Crippen LogP contribution in [0.2, 0.25) is 0 Å². The van der Waals surface area contributed by atoms with Crippen LogP contribution in [0, 0.1) is 6.92 Å². The van der Waals surface area contributed by atoms with E-state index >= 15 is 0 Å². The van der Waals surface area contributed by atoms with Gasteiger partial charge in [-0.2, -0.15) is 10.2 Å². The van der Waals surface area contributed by atoms with Crippen molar-refractivity contribution in [1.29, 1.82) is 0 Å². The van der Waals surface area contributed by atoms with Crippen LogP contribution in [0.15, 0.2) is 29.4 Å². The lowest BCUT2D eigenvalue weighted by atomic mass is 10.0. The largest absolute Gasteiger partial charge is 0.496 e. The molecule has 0 atom stereocenters. The van der Waals surface area contributed by atoms with Gasteiger partial charge in [-0.15, -0.1) is 0 Å². The van der Waals surface area contributed by atoms with E-state index in [-0.39, 0.29) is 18.2 Å². The summed E-state index contributed by atoms with van der Waals surface area (Å²) in [6.45, 7) is 1.88. The lowest BCUT2D eigenvalue weighted by molar-refractivity contribution is -0.130. The molecule has 0 fully saturated rings. The minimum absolute atomic E-state index is 0.104. The summed E-state index contributed by atoms with van der Waals surface area (Å²) in [7, 11) is 4.91. The molecular formula is C18H21N5O3. The van der Waals surface area contributed by atoms with Crippen molar-refractivity contribution in [2.45, 2.75) is 19.8 Å². The van der Waals surface area contributed by atoms with Gasteiger partial charge in [-0.25, -0.2) is 5.01 Å². The average molecular weight is 355 g/mol. The lowest BCUT2D eigenvalue weighted by Crippen LogP contribution is -2.34. The number of rotatable bonds is 4. The molecule has 0 saturated heterocycles. The fourth-order valence-corrected chi connectivity index (χ4v) is 2.99. The number of nitrogens with zero attached hydrogens (tertiary/aromatic N) is 4. The topological polar surface area (TPSA) is 88.8 Å². The number of anilines is 1. The van der Waals surface area contributed by atoms with Crippen molar-refractivity contribution in [1.82, 2.24) is 14.8 Å². The lowest BCUT2D eigenvalue weighted by Gasteiger charge is -2.19. The zero-order valence-corrected chi connectivity index (χ0v) is 15.2. The second-order valence-corrected chi connectivity index (χ2v) is 6.05. The van der Waals surface area contributed by atoms with Crippen molar-refractivity contribution in [2.24, 2.45) is 12.1 Å². The molecule has 0 aliphatic carbocycles. The molecule has 2 heterocycles. The molecule has 1 N–H and O–H groups in total. The minimum Gasteiger partial charge on any atom is -0.496 e. The fraction of sp³-hybridized carbons (Fsp3) is 0.333. The Morgan fingerprint density at radius 2 is 1.96 bits per heavy atom. The summed E-state index contributed by atoms with van der Waals surface area (Å²) in [5, 5.41) is 12.6. The van der Waals surface area contributed by atoms with Crippen LogP contribution in [0.4, 0.5) is 5.82 Å². The van der Waals surface area contributed by atoms with E-state index in [1.54, 1.807) is 25.9 Å². The van der Waals surface area contributed by atoms with Gasteiger partial charge in [0.25, 0.3) is 5.91 Å². The van der Waals surface area contributed by atoms with Crippen LogP contribution in [0.25, 0.3) is 11.1 Å². The molecule has 3 rings (SSSR count). The minimum atomic E-state index is -0.344. The number of aryl methyl sites for hydroxylation is 2. The molecule has 136 valence electrons. The first-order chi connectivity index (χ1) is 12.4. The summed E-state index contributed by atoms with van der Waals surface area (Å²) >= 11 is 0. The van der Waals surface area contributed by atoms with Gasteiger partial charge in [-0.3, -0.25) is 14.3 Å². The quantitative estimate of drug-likeness (QED) is 0.908. The molecular weight excluding hydrogens is 334 g/mol. The Labute approximate surface area is 151 Å². The SMILES string of the molecule is COc1ccccc1-c1c(C)nn(C)c1NC(=O)C1=NN(C)C(=O)CC1. The number of hydrazone groups is 1. The first-order valence-corrected chi connectivity index (χ1v) is 8.24. The predicted octanol–water partition coefficient (Wildman–Crippen LogP) is 1.95. The second-order valence-electron chi connectivity index (χ2n) is 6.05. The van der Waals surface area contributed by atoms with Crippen molar-refractivity contribution in [3.05, 3.63) is 30.0 Å². The van der Waals surface area contributed by atoms with Gasteiger partial charge in [0.15, 0.2) is 0 Å². The highest BCUT2D eigenvalue weighted by Crippen LogP contribution is 2.37. The first-order valence-electron chi connectivity index (χ1n) is 8.24. The monoisotopic (exact) mass is 355 g/mol. The van der Waals surface area contributed by atoms with Crippen LogP contribution in [-0.2, 0) is 16.6 Å². The van der Waals surface area contributed by atoms with Crippen molar-refractivity contribution in [3.8, 4) is 16.9 Å². The number of methoxy groups -OCH3 is 1. The van der Waals surface area contributed by atoms with E-state index in [1.165, 1.54) is 5.01 Å². The van der Waals surface area contributed by atoms with E-state index in [0.717, 1.165) is 16.8 Å². The molecule has 8 nitrogen and oxygen atoms in total. The third-order valence-corrected chi connectivity index (χ3v) is 4.30. The summed E-state index contributed by atoms with van der Waals surface area (Å²) in [4.78, 5) is 24.2. The predicted molar refractivity (Wildman–Crippen MR) is 98.0 cm³/mol. The Balaban J connectivity index is 1.98. The highest BCUT2D eigenvalue weighted by atomic mass is 16.5. The number of nitrogens with one attached hydrogen (secondary N) is 1. The van der Waals surface area contributed by atoms with Gasteiger partial charge in [-0.05, 0) is 13.0 Å². The standard InChI is InChI=1S/C18H21N5O3/c1-11-16(12-7-5-6-8-14(12)26-4)17(23(3)20-11)19-18(25)13-9-10-15(24)22(2)21-13/h5-8H,9-10H2,1-4H3,(H,19,25). The van der Waals surface area contributed by atoms with Gasteiger partial charge in [0.05, 0.1) is 18.4 Å². The molecule has 0 spiro atoms. The Bertz CT molecular complexity index is 900. The van der Waals surface area contributed by atoms with Gasteiger partial charge in [0.1, 0.15) is 17.3 Å². The summed E-state index contributed by atoms with van der Waals surface area (Å²) in [6, 6.07) is 7.57. The third-order valence-electron chi connectivity index (χ3n) is 4.30. The van der Waals surface area contributed by atoms with Crippen molar-refractivity contribution in [3.63, 3.8) is 0 Å². The maximum atomic E-state index is 12.7. The third kappa shape index (κ3) is 3.17. The van der Waals surface area contributed by atoms with E-state index in [1.807, 2.05) is 31.2 Å². The van der Waals surface area contributed by atoms with Crippen LogP contribution in [0.1, 0.15) is 18.5 Å². The molecule has 8 heteroatoms. The number of benzene rings is 1. The number of aromatic nitrogens is 2. The number of ether oxygens (including phenoxy) is 1. The van der Waals surface area contributed by atoms with Crippen LogP contribution >= 0.6 is 0 Å². The van der Waals surface area contributed by atoms with E-state index in [0.29, 0.717) is 23.7 Å². The van der Waals surface area contributed by atoms with E-state index in [4.69, 9.17) is 4.74 Å². The van der Waals surface area contributed by atoms with Crippen LogP contribution < -0.4 is 10.1 Å². The van der Waals surface area contributed by atoms with Crippen LogP contribution in [0.3, 0.4) is 0 Å². The van der Waals surface area contributed by atoms with Crippen molar-refractivity contribution in [2.75, 3.05) is 19.5 Å². The zero-order chi connectivity index (χ0) is 18.8. The highest BCUT2D eigenvalue weighted by Gasteiger charge is 2.25. The number of hydrogen-bond acceptors (Lipinski definition) is 5. The van der Waals surface area contributed by atoms with Crippen molar-refractivity contribution >= 4 is 23.3 Å². The maximum absolute atomic E-state index is 12.7. The maximum Gasteiger partial charge on any atom is 0.273 e. The van der Waals surface area contributed by atoms with Gasteiger partial charge in [0.2, 0.25) is 5.91 Å². The smallest absolute Gasteiger partial charge is 0.273 e. The normalized spacial score (nSPS) is 14.2. The fourth-order valence-electron chi connectivity index (χ4n) is 2.99. The second kappa shape index (κ2) is 6.99. The Hall–Kier alpha value is -3.16. The molecule has 0 unspecified atom stereocenters. The Morgan fingerprint density at radius 3 is 2.65 bits per heavy atom. The molecule has 0 radical (unpaired) electrons. The van der Waals surface area contributed by atoms with Gasteiger partial charge in [-0.1, -0.05) is 18.2 Å². The summed E-state index contributed by atoms with van der Waals surface area (Å²) in [5.41, 5.74) is 2.72. The van der Waals surface area contributed by atoms with Crippen molar-refractivity contribution < 1.29 is 14.3 Å². The molecule has 0 saturated carbocycles. The molecule has 1 aliphatic rings. The highest BCUT2D eigenvalue weighted by molar-refractivity contribution is 6.43. The summed E-state index contributed by atoms with van der Waals surface area (Å²) in [5.74, 6) is 0.801. The van der Waals surface area contributed by atoms with E-state index in [2.05, 4.69) is 15.5 Å². The van der Waals surface area contributed by atoms with Crippen LogP contribution in [-0.4, -0.2) is 46.5 Å². The zero-order valence-electron chi connectivity index (χ0n) is 15.2. The molecule has 2 amide bonds. The number of para-hydroxylation sites is 1. The molecule has 2 aromatic rings. The van der Waals surface area contributed by atoms with Gasteiger partial charge in [0, 0.05) is 32.5 Å². The van der Waals surface area contributed by atoms with E-state index < -0.39 is 0 Å². The summed E-state index contributed by atoms with van der Waals surface area (Å²) in [6.07, 6.45) is 0.586. The first kappa shape index (κ1) is 17.7. The number of carbonyl (C=O) groups excluding carboxylic acids is 2. The van der Waals surface area contributed by atoms with E-state index in [9.17, 15) is 9.59 Å². The number of amides is 2. The molecule has 1 aromatic heterocycles. The molecule has 1 aliphatic heterocycles. The molecule has 26 heavy (non-hydrogen) atoms. The summed E-state index contributed by atoms with van der Waals surface area (Å²) < 4.78 is 7.07. The number of hydrogen-bond donors (Lipinski definition) is 1. The molecule has 0 bridgehead atoms. The Morgan fingerprint density at radius 1 is 1.23 bits per heavy atom. The Kier molecular flexibility index (Phi) is 4.75. The average Bonchev–Trinajstić information content (AvgIpc) is 2.90. The van der Waals surface area contributed by atoms with Crippen LogP contribution in [0.5, 0.6) is 5.75 Å². The van der Waals surface area contributed by atoms with Gasteiger partial charge >= 0.3 is 0 Å². The molecule has 1 aromatic carbocycles. The number of carbonyl (C=O) groups is 2.